The van der Waals surface area contributed by atoms with E-state index >= 15 is 0 Å². The molecule has 4 rings (SSSR count). The smallest absolute Gasteiger partial charge is 0.228 e. The lowest BCUT2D eigenvalue weighted by Crippen LogP contribution is -2.30. The van der Waals surface area contributed by atoms with E-state index in [2.05, 4.69) is 11.4 Å². The number of carbonyl (C=O) groups is 1. The Kier molecular flexibility index (Phi) is 5.48. The number of hydrogen-bond acceptors (Lipinski definition) is 5. The second-order valence-corrected chi connectivity index (χ2v) is 8.14. The molecule has 146 valence electrons. The fourth-order valence-corrected chi connectivity index (χ4v) is 5.11. The quantitative estimate of drug-likeness (QED) is 0.642. The van der Waals surface area contributed by atoms with E-state index in [4.69, 9.17) is 14.5 Å². The van der Waals surface area contributed by atoms with Gasteiger partial charge in [-0.2, -0.15) is 0 Å². The number of benzene rings is 2. The van der Waals surface area contributed by atoms with Crippen LogP contribution in [-0.4, -0.2) is 25.1 Å². The first-order chi connectivity index (χ1) is 13.7. The first-order valence-electron chi connectivity index (χ1n) is 9.58. The molecule has 1 N–H and O–H groups in total. The van der Waals surface area contributed by atoms with Gasteiger partial charge in [-0.25, -0.2) is 4.98 Å². The number of para-hydroxylation sites is 1. The molecule has 2 aromatic carbocycles. The minimum absolute atomic E-state index is 0.0520. The normalized spacial score (nSPS) is 19.4. The third kappa shape index (κ3) is 3.69. The topological polar surface area (TPSA) is 60.5 Å². The number of thiazole rings is 1. The molecule has 3 aromatic rings. The van der Waals surface area contributed by atoms with E-state index in [9.17, 15) is 4.79 Å². The van der Waals surface area contributed by atoms with Crippen molar-refractivity contribution in [1.29, 1.82) is 0 Å². The SMILES string of the molecule is COc1ccc(NC(=O)C2CCCCC2c2nc3ccccc3s2)cc1OC. The molecule has 2 atom stereocenters. The maximum atomic E-state index is 13.1. The van der Waals surface area contributed by atoms with Crippen LogP contribution in [0.2, 0.25) is 0 Å². The number of anilines is 1. The summed E-state index contributed by atoms with van der Waals surface area (Å²) >= 11 is 1.71. The van der Waals surface area contributed by atoms with Crippen LogP contribution in [0.4, 0.5) is 5.69 Å². The second-order valence-electron chi connectivity index (χ2n) is 7.08. The molecule has 28 heavy (non-hydrogen) atoms. The van der Waals surface area contributed by atoms with Crippen LogP contribution in [0.3, 0.4) is 0 Å². The number of hydrogen-bond donors (Lipinski definition) is 1. The molecule has 0 aliphatic heterocycles. The maximum absolute atomic E-state index is 13.1. The largest absolute Gasteiger partial charge is 0.493 e. The van der Waals surface area contributed by atoms with Gasteiger partial charge in [0, 0.05) is 23.6 Å². The summed E-state index contributed by atoms with van der Waals surface area (Å²) in [5.74, 6) is 1.40. The Morgan fingerprint density at radius 3 is 2.64 bits per heavy atom. The van der Waals surface area contributed by atoms with Crippen LogP contribution in [-0.2, 0) is 4.79 Å². The van der Waals surface area contributed by atoms with E-state index < -0.39 is 0 Å². The molecule has 1 amide bonds. The maximum Gasteiger partial charge on any atom is 0.228 e. The van der Waals surface area contributed by atoms with Crippen molar-refractivity contribution in [2.45, 2.75) is 31.6 Å². The number of carbonyl (C=O) groups excluding carboxylic acids is 1. The molecular formula is C22H24N2O3S. The first kappa shape index (κ1) is 18.7. The number of methoxy groups -OCH3 is 2. The van der Waals surface area contributed by atoms with Crippen LogP contribution in [0.5, 0.6) is 11.5 Å². The van der Waals surface area contributed by atoms with Gasteiger partial charge in [0.25, 0.3) is 0 Å². The minimum atomic E-state index is -0.0672. The minimum Gasteiger partial charge on any atom is -0.493 e. The Morgan fingerprint density at radius 1 is 1.07 bits per heavy atom. The summed E-state index contributed by atoms with van der Waals surface area (Å²) in [6, 6.07) is 13.6. The molecule has 1 aromatic heterocycles. The third-order valence-electron chi connectivity index (χ3n) is 5.38. The molecule has 0 saturated heterocycles. The Bertz CT molecular complexity index is 952. The molecule has 1 aliphatic carbocycles. The highest BCUT2D eigenvalue weighted by Crippen LogP contribution is 2.41. The molecule has 2 unspecified atom stereocenters. The van der Waals surface area contributed by atoms with Gasteiger partial charge in [0.2, 0.25) is 5.91 Å². The van der Waals surface area contributed by atoms with E-state index in [1.807, 2.05) is 24.3 Å². The highest BCUT2D eigenvalue weighted by molar-refractivity contribution is 7.18. The van der Waals surface area contributed by atoms with Crippen LogP contribution in [0.15, 0.2) is 42.5 Å². The van der Waals surface area contributed by atoms with Crippen LogP contribution < -0.4 is 14.8 Å². The van der Waals surface area contributed by atoms with Gasteiger partial charge >= 0.3 is 0 Å². The monoisotopic (exact) mass is 396 g/mol. The van der Waals surface area contributed by atoms with Crippen LogP contribution in [0.25, 0.3) is 10.2 Å². The zero-order chi connectivity index (χ0) is 19.5. The molecule has 5 nitrogen and oxygen atoms in total. The fourth-order valence-electron chi connectivity index (χ4n) is 3.94. The average molecular weight is 397 g/mol. The Hall–Kier alpha value is -2.60. The van der Waals surface area contributed by atoms with Gasteiger partial charge in [0.05, 0.1) is 29.4 Å². The van der Waals surface area contributed by atoms with Crippen LogP contribution in [0.1, 0.15) is 36.6 Å². The third-order valence-corrected chi connectivity index (χ3v) is 6.55. The summed E-state index contributed by atoms with van der Waals surface area (Å²) in [5.41, 5.74) is 1.74. The molecular weight excluding hydrogens is 372 g/mol. The molecule has 6 heteroatoms. The van der Waals surface area contributed by atoms with Crippen molar-refractivity contribution < 1.29 is 14.3 Å². The molecule has 0 bridgehead atoms. The van der Waals surface area contributed by atoms with Crippen molar-refractivity contribution in [3.63, 3.8) is 0 Å². The summed E-state index contributed by atoms with van der Waals surface area (Å²) in [7, 11) is 3.19. The van der Waals surface area contributed by atoms with E-state index in [0.29, 0.717) is 11.5 Å². The molecule has 0 radical (unpaired) electrons. The lowest BCUT2D eigenvalue weighted by molar-refractivity contribution is -0.121. The number of amides is 1. The molecule has 0 spiro atoms. The van der Waals surface area contributed by atoms with Crippen molar-refractivity contribution in [3.05, 3.63) is 47.5 Å². The number of ether oxygens (including phenoxy) is 2. The number of nitrogens with zero attached hydrogens (tertiary/aromatic N) is 1. The molecule has 1 heterocycles. The van der Waals surface area contributed by atoms with Gasteiger partial charge in [0.15, 0.2) is 11.5 Å². The molecule has 1 fully saturated rings. The lowest BCUT2D eigenvalue weighted by Gasteiger charge is -2.29. The summed E-state index contributed by atoms with van der Waals surface area (Å²) in [4.78, 5) is 17.9. The number of rotatable bonds is 5. The van der Waals surface area contributed by atoms with Crippen LogP contribution >= 0.6 is 11.3 Å². The predicted molar refractivity (Wildman–Crippen MR) is 112 cm³/mol. The van der Waals surface area contributed by atoms with E-state index in [-0.39, 0.29) is 17.7 Å². The van der Waals surface area contributed by atoms with Crippen molar-refractivity contribution >= 4 is 33.1 Å². The highest BCUT2D eigenvalue weighted by Gasteiger charge is 2.34. The van der Waals surface area contributed by atoms with Crippen molar-refractivity contribution in [1.82, 2.24) is 4.98 Å². The van der Waals surface area contributed by atoms with Gasteiger partial charge in [-0.15, -0.1) is 11.3 Å². The molecule has 1 aliphatic rings. The average Bonchev–Trinajstić information content (AvgIpc) is 3.17. The van der Waals surface area contributed by atoms with Crippen molar-refractivity contribution in [3.8, 4) is 11.5 Å². The Balaban J connectivity index is 1.56. The number of aromatic nitrogens is 1. The predicted octanol–water partition coefficient (Wildman–Crippen LogP) is 5.23. The van der Waals surface area contributed by atoms with Crippen molar-refractivity contribution in [2.24, 2.45) is 5.92 Å². The van der Waals surface area contributed by atoms with Gasteiger partial charge in [-0.05, 0) is 37.1 Å². The van der Waals surface area contributed by atoms with Crippen molar-refractivity contribution in [2.75, 3.05) is 19.5 Å². The standard InChI is InChI=1S/C22H24N2O3S/c1-26-18-12-11-14(13-19(18)27-2)23-21(25)15-7-3-4-8-16(15)22-24-17-9-5-6-10-20(17)28-22/h5-6,9-13,15-16H,3-4,7-8H2,1-2H3,(H,23,25). The Labute approximate surface area is 168 Å². The van der Waals surface area contributed by atoms with E-state index in [1.54, 1.807) is 37.7 Å². The summed E-state index contributed by atoms with van der Waals surface area (Å²) in [5, 5.41) is 4.15. The van der Waals surface area contributed by atoms with Gasteiger partial charge in [-0.3, -0.25) is 4.79 Å². The van der Waals surface area contributed by atoms with Gasteiger partial charge in [-0.1, -0.05) is 25.0 Å². The van der Waals surface area contributed by atoms with Crippen LogP contribution in [0, 0.1) is 5.92 Å². The lowest BCUT2D eigenvalue weighted by atomic mass is 9.79. The highest BCUT2D eigenvalue weighted by atomic mass is 32.1. The zero-order valence-corrected chi connectivity index (χ0v) is 16.9. The first-order valence-corrected chi connectivity index (χ1v) is 10.4. The zero-order valence-electron chi connectivity index (χ0n) is 16.1. The number of nitrogens with one attached hydrogen (secondary N) is 1. The van der Waals surface area contributed by atoms with E-state index in [1.165, 1.54) is 4.70 Å². The second kappa shape index (κ2) is 8.19. The van der Waals surface area contributed by atoms with E-state index in [0.717, 1.165) is 41.9 Å². The fraction of sp³-hybridized carbons (Fsp3) is 0.364. The summed E-state index contributed by atoms with van der Waals surface area (Å²) in [6.45, 7) is 0. The summed E-state index contributed by atoms with van der Waals surface area (Å²) in [6.07, 6.45) is 4.11. The number of fused-ring (bicyclic) bond motifs is 1. The van der Waals surface area contributed by atoms with Gasteiger partial charge in [0.1, 0.15) is 0 Å². The molecule has 1 saturated carbocycles. The Morgan fingerprint density at radius 2 is 1.86 bits per heavy atom. The van der Waals surface area contributed by atoms with Gasteiger partial charge < -0.3 is 14.8 Å². The summed E-state index contributed by atoms with van der Waals surface area (Å²) < 4.78 is 11.8.